The quantitative estimate of drug-likeness (QED) is 0.395. The van der Waals surface area contributed by atoms with Crippen LogP contribution in [-0.4, -0.2) is 42.4 Å². The minimum atomic E-state index is -3.22. The molecular weight excluding hydrogens is 400 g/mol. The predicted molar refractivity (Wildman–Crippen MR) is 118 cm³/mol. The van der Waals surface area contributed by atoms with Crippen molar-refractivity contribution in [1.29, 1.82) is 0 Å². The number of aromatic nitrogens is 3. The summed E-state index contributed by atoms with van der Waals surface area (Å²) in [6.45, 7) is 5.58. The Kier molecular flexibility index (Phi) is 6.83. The van der Waals surface area contributed by atoms with Gasteiger partial charge in [-0.05, 0) is 42.7 Å². The van der Waals surface area contributed by atoms with Crippen LogP contribution in [-0.2, 0) is 22.9 Å². The molecule has 0 bridgehead atoms. The van der Waals surface area contributed by atoms with Crippen LogP contribution >= 0.6 is 0 Å². The second kappa shape index (κ2) is 9.53. The normalized spacial score (nSPS) is 12.0. The van der Waals surface area contributed by atoms with Gasteiger partial charge in [0.25, 0.3) is 0 Å². The van der Waals surface area contributed by atoms with E-state index in [4.69, 9.17) is 0 Å². The fraction of sp³-hybridized carbons (Fsp3) is 0.286. The molecule has 0 saturated heterocycles. The number of H-pyrrole nitrogens is 1. The third-order valence-electron chi connectivity index (χ3n) is 4.48. The van der Waals surface area contributed by atoms with Crippen molar-refractivity contribution in [3.8, 4) is 11.4 Å². The average molecular weight is 427 g/mol. The summed E-state index contributed by atoms with van der Waals surface area (Å²) in [6, 6.07) is 13.3. The zero-order valence-corrected chi connectivity index (χ0v) is 18.1. The molecule has 0 fully saturated rings. The van der Waals surface area contributed by atoms with E-state index >= 15 is 0 Å². The van der Waals surface area contributed by atoms with Gasteiger partial charge in [0.05, 0.1) is 11.4 Å². The molecule has 0 aliphatic carbocycles. The van der Waals surface area contributed by atoms with Gasteiger partial charge in [-0.1, -0.05) is 30.3 Å². The number of nitrogens with zero attached hydrogens (tertiary/aromatic N) is 3. The maximum Gasteiger partial charge on any atom is 0.191 e. The van der Waals surface area contributed by atoms with Crippen molar-refractivity contribution >= 4 is 15.8 Å². The van der Waals surface area contributed by atoms with E-state index in [1.165, 1.54) is 12.6 Å². The molecule has 0 atom stereocenters. The Labute approximate surface area is 176 Å². The van der Waals surface area contributed by atoms with Crippen molar-refractivity contribution in [2.75, 3.05) is 12.8 Å². The lowest BCUT2D eigenvalue weighted by Crippen LogP contribution is -2.36. The lowest BCUT2D eigenvalue weighted by molar-refractivity contribution is 0.601. The highest BCUT2D eigenvalue weighted by Crippen LogP contribution is 2.17. The standard InChI is InChI=1S/C21H26N6O2S/c1-4-22-21(24-13-17-8-9-19(15(2)10-17)30(3,28)29)23-12-16-6-5-7-18(11-16)20-25-14-26-27-20/h5-11,14H,4,12-13H2,1-3H3,(H2,22,23,24)(H,25,26,27). The Morgan fingerprint density at radius 3 is 2.63 bits per heavy atom. The van der Waals surface area contributed by atoms with Gasteiger partial charge in [-0.15, -0.1) is 0 Å². The Morgan fingerprint density at radius 2 is 1.97 bits per heavy atom. The van der Waals surface area contributed by atoms with Gasteiger partial charge in [-0.25, -0.2) is 18.4 Å². The predicted octanol–water partition coefficient (Wildman–Crippen LogP) is 2.44. The number of aliphatic imine (C=N–C) groups is 1. The molecule has 0 saturated carbocycles. The number of aromatic amines is 1. The van der Waals surface area contributed by atoms with Gasteiger partial charge in [-0.2, -0.15) is 5.10 Å². The summed E-state index contributed by atoms with van der Waals surface area (Å²) < 4.78 is 23.6. The fourth-order valence-electron chi connectivity index (χ4n) is 3.10. The van der Waals surface area contributed by atoms with Gasteiger partial charge in [0.2, 0.25) is 0 Å². The van der Waals surface area contributed by atoms with Gasteiger partial charge >= 0.3 is 0 Å². The van der Waals surface area contributed by atoms with E-state index in [1.54, 1.807) is 13.0 Å². The topological polar surface area (TPSA) is 112 Å². The summed E-state index contributed by atoms with van der Waals surface area (Å²) in [6.07, 6.45) is 2.71. The molecule has 3 N–H and O–H groups in total. The van der Waals surface area contributed by atoms with Crippen molar-refractivity contribution in [2.24, 2.45) is 4.99 Å². The first-order valence-electron chi connectivity index (χ1n) is 9.63. The molecule has 2 aromatic carbocycles. The van der Waals surface area contributed by atoms with E-state index in [9.17, 15) is 8.42 Å². The number of rotatable bonds is 7. The van der Waals surface area contributed by atoms with Crippen LogP contribution in [0.5, 0.6) is 0 Å². The smallest absolute Gasteiger partial charge is 0.191 e. The summed E-state index contributed by atoms with van der Waals surface area (Å²) >= 11 is 0. The maximum absolute atomic E-state index is 11.8. The first-order valence-corrected chi connectivity index (χ1v) is 11.5. The number of hydrogen-bond donors (Lipinski definition) is 3. The third kappa shape index (κ3) is 5.66. The van der Waals surface area contributed by atoms with Crippen molar-refractivity contribution in [2.45, 2.75) is 31.8 Å². The highest BCUT2D eigenvalue weighted by Gasteiger charge is 2.11. The first kappa shape index (κ1) is 21.5. The molecule has 0 amide bonds. The molecule has 0 spiro atoms. The molecule has 3 rings (SSSR count). The molecule has 9 heteroatoms. The van der Waals surface area contributed by atoms with E-state index in [-0.39, 0.29) is 0 Å². The van der Waals surface area contributed by atoms with Crippen molar-refractivity contribution in [3.63, 3.8) is 0 Å². The van der Waals surface area contributed by atoms with E-state index < -0.39 is 9.84 Å². The summed E-state index contributed by atoms with van der Waals surface area (Å²) in [5.41, 5.74) is 3.73. The minimum absolute atomic E-state index is 0.360. The van der Waals surface area contributed by atoms with Crippen LogP contribution < -0.4 is 10.6 Å². The Morgan fingerprint density at radius 1 is 1.13 bits per heavy atom. The number of benzene rings is 2. The highest BCUT2D eigenvalue weighted by molar-refractivity contribution is 7.90. The second-order valence-electron chi connectivity index (χ2n) is 6.96. The number of sulfone groups is 1. The fourth-order valence-corrected chi connectivity index (χ4v) is 4.06. The molecule has 0 aliphatic heterocycles. The molecule has 3 aromatic rings. The Bertz CT molecular complexity index is 1120. The summed E-state index contributed by atoms with van der Waals surface area (Å²) in [4.78, 5) is 9.19. The largest absolute Gasteiger partial charge is 0.357 e. The number of aryl methyl sites for hydroxylation is 1. The molecule has 8 nitrogen and oxygen atoms in total. The third-order valence-corrected chi connectivity index (χ3v) is 5.74. The van der Waals surface area contributed by atoms with Gasteiger partial charge in [0, 0.05) is 24.9 Å². The lowest BCUT2D eigenvalue weighted by Gasteiger charge is -2.13. The molecule has 1 aromatic heterocycles. The number of guanidine groups is 1. The highest BCUT2D eigenvalue weighted by atomic mass is 32.2. The lowest BCUT2D eigenvalue weighted by atomic mass is 10.1. The summed E-state index contributed by atoms with van der Waals surface area (Å²) in [5.74, 6) is 1.41. The Hall–Kier alpha value is -3.20. The van der Waals surface area contributed by atoms with Crippen LogP contribution in [0.1, 0.15) is 23.6 Å². The maximum atomic E-state index is 11.8. The zero-order valence-electron chi connectivity index (χ0n) is 17.3. The summed E-state index contributed by atoms with van der Waals surface area (Å²) in [5, 5.41) is 13.3. The van der Waals surface area contributed by atoms with Gasteiger partial charge < -0.3 is 10.6 Å². The van der Waals surface area contributed by atoms with Crippen LogP contribution in [0.2, 0.25) is 0 Å². The molecule has 1 heterocycles. The van der Waals surface area contributed by atoms with E-state index in [2.05, 4.69) is 30.8 Å². The minimum Gasteiger partial charge on any atom is -0.357 e. The molecule has 0 unspecified atom stereocenters. The molecule has 0 aliphatic rings. The zero-order chi connectivity index (χ0) is 21.6. The monoisotopic (exact) mass is 426 g/mol. The molecule has 158 valence electrons. The van der Waals surface area contributed by atoms with Crippen molar-refractivity contribution in [3.05, 3.63) is 65.5 Å². The first-order chi connectivity index (χ1) is 14.4. The number of hydrogen-bond acceptors (Lipinski definition) is 5. The van der Waals surface area contributed by atoms with E-state index in [1.807, 2.05) is 43.3 Å². The van der Waals surface area contributed by atoms with Crippen molar-refractivity contribution in [1.82, 2.24) is 25.8 Å². The molecule has 0 radical (unpaired) electrons. The van der Waals surface area contributed by atoms with Crippen LogP contribution in [0.25, 0.3) is 11.4 Å². The SMILES string of the molecule is CCNC(=NCc1cccc(-c2ncn[nH]2)c1)NCc1ccc(S(C)(=O)=O)c(C)c1. The van der Waals surface area contributed by atoms with Crippen LogP contribution in [0.3, 0.4) is 0 Å². The second-order valence-corrected chi connectivity index (χ2v) is 8.94. The average Bonchev–Trinajstić information content (AvgIpc) is 3.24. The Balaban J connectivity index is 1.68. The number of nitrogens with one attached hydrogen (secondary N) is 3. The van der Waals surface area contributed by atoms with E-state index in [0.717, 1.165) is 34.6 Å². The van der Waals surface area contributed by atoms with Gasteiger partial charge in [-0.3, -0.25) is 5.10 Å². The van der Waals surface area contributed by atoms with Crippen LogP contribution in [0.4, 0.5) is 0 Å². The summed E-state index contributed by atoms with van der Waals surface area (Å²) in [7, 11) is -3.22. The van der Waals surface area contributed by atoms with Crippen molar-refractivity contribution < 1.29 is 8.42 Å². The van der Waals surface area contributed by atoms with Crippen LogP contribution in [0, 0.1) is 6.92 Å². The van der Waals surface area contributed by atoms with Crippen LogP contribution in [0.15, 0.2) is 58.7 Å². The molecular formula is C21H26N6O2S. The molecule has 30 heavy (non-hydrogen) atoms. The van der Waals surface area contributed by atoms with E-state index in [0.29, 0.717) is 23.9 Å². The van der Waals surface area contributed by atoms with Gasteiger partial charge in [0.15, 0.2) is 21.6 Å². The van der Waals surface area contributed by atoms with Gasteiger partial charge in [0.1, 0.15) is 6.33 Å².